The third-order valence-corrected chi connectivity index (χ3v) is 3.04. The predicted octanol–water partition coefficient (Wildman–Crippen LogP) is 1.55. The van der Waals surface area contributed by atoms with Gasteiger partial charge in [0.05, 0.1) is 19.1 Å². The Kier molecular flexibility index (Phi) is 5.85. The van der Waals surface area contributed by atoms with Crippen LogP contribution in [0, 0.1) is 6.92 Å². The van der Waals surface area contributed by atoms with Crippen molar-refractivity contribution in [2.24, 2.45) is 0 Å². The minimum Gasteiger partial charge on any atom is -0.466 e. The first-order chi connectivity index (χ1) is 9.36. The van der Waals surface area contributed by atoms with Gasteiger partial charge in [0.15, 0.2) is 5.78 Å². The van der Waals surface area contributed by atoms with Gasteiger partial charge < -0.3 is 14.9 Å². The lowest BCUT2D eigenvalue weighted by Crippen LogP contribution is -2.23. The molecule has 110 valence electrons. The Bertz CT molecular complexity index is 495. The van der Waals surface area contributed by atoms with Crippen LogP contribution < -0.4 is 0 Å². The molecule has 1 aromatic carbocycles. The van der Waals surface area contributed by atoms with Crippen LogP contribution in [-0.2, 0) is 9.53 Å². The number of carbonyl (C=O) groups excluding carboxylic acids is 2. The molecular formula is C15H20O5. The molecule has 2 atom stereocenters. The summed E-state index contributed by atoms with van der Waals surface area (Å²) in [7, 11) is 0. The quantitative estimate of drug-likeness (QED) is 0.610. The summed E-state index contributed by atoms with van der Waals surface area (Å²) in [6.45, 7) is 5.10. The molecule has 0 spiro atoms. The van der Waals surface area contributed by atoms with Crippen molar-refractivity contribution in [1.82, 2.24) is 0 Å². The van der Waals surface area contributed by atoms with Gasteiger partial charge >= 0.3 is 5.97 Å². The number of ketones is 1. The lowest BCUT2D eigenvalue weighted by atomic mass is 9.95. The van der Waals surface area contributed by atoms with Gasteiger partial charge in [0, 0.05) is 5.56 Å². The average Bonchev–Trinajstić information content (AvgIpc) is 2.37. The molecule has 5 nitrogen and oxygen atoms in total. The van der Waals surface area contributed by atoms with E-state index in [1.54, 1.807) is 32.0 Å². The minimum atomic E-state index is -1.24. The van der Waals surface area contributed by atoms with Gasteiger partial charge in [-0.1, -0.05) is 12.1 Å². The molecule has 0 saturated heterocycles. The molecule has 0 saturated carbocycles. The second-order valence-corrected chi connectivity index (χ2v) is 4.65. The summed E-state index contributed by atoms with van der Waals surface area (Å²) in [4.78, 5) is 22.5. The maximum absolute atomic E-state index is 11.3. The summed E-state index contributed by atoms with van der Waals surface area (Å²) < 4.78 is 4.72. The molecule has 2 unspecified atom stereocenters. The van der Waals surface area contributed by atoms with E-state index in [1.165, 1.54) is 6.92 Å². The summed E-state index contributed by atoms with van der Waals surface area (Å²) in [5.41, 5.74) is 1.72. The van der Waals surface area contributed by atoms with E-state index in [-0.39, 0.29) is 18.8 Å². The first kappa shape index (κ1) is 16.3. The maximum atomic E-state index is 11.3. The van der Waals surface area contributed by atoms with Crippen LogP contribution in [0.25, 0.3) is 0 Å². The zero-order chi connectivity index (χ0) is 15.3. The summed E-state index contributed by atoms with van der Waals surface area (Å²) in [5, 5.41) is 19.9. The zero-order valence-electron chi connectivity index (χ0n) is 11.9. The second-order valence-electron chi connectivity index (χ2n) is 4.65. The van der Waals surface area contributed by atoms with Gasteiger partial charge in [-0.2, -0.15) is 0 Å². The van der Waals surface area contributed by atoms with E-state index in [2.05, 4.69) is 0 Å². The summed E-state index contributed by atoms with van der Waals surface area (Å²) >= 11 is 0. The monoisotopic (exact) mass is 280 g/mol. The molecule has 0 aliphatic rings. The first-order valence-electron chi connectivity index (χ1n) is 6.50. The number of aliphatic hydroxyl groups is 2. The van der Waals surface area contributed by atoms with Crippen molar-refractivity contribution in [3.05, 3.63) is 34.9 Å². The molecule has 0 radical (unpaired) electrons. The Balaban J connectivity index is 2.83. The standard InChI is InChI=1S/C15H20O5/c1-4-20-14(18)8-13(17)15(19)12-6-5-11(10(3)16)7-9(12)2/h5-7,13,15,17,19H,4,8H2,1-3H3. The SMILES string of the molecule is CCOC(=O)CC(O)C(O)c1ccc(C(C)=O)cc1C. The third kappa shape index (κ3) is 4.15. The lowest BCUT2D eigenvalue weighted by Gasteiger charge is -2.19. The van der Waals surface area contributed by atoms with Crippen molar-refractivity contribution in [2.75, 3.05) is 6.61 Å². The normalized spacial score (nSPS) is 13.7. The number of esters is 1. The van der Waals surface area contributed by atoms with E-state index in [0.29, 0.717) is 16.7 Å². The molecule has 2 N–H and O–H groups in total. The molecule has 20 heavy (non-hydrogen) atoms. The fourth-order valence-electron chi connectivity index (χ4n) is 1.94. The van der Waals surface area contributed by atoms with Gasteiger partial charge in [-0.05, 0) is 38.0 Å². The van der Waals surface area contributed by atoms with Crippen molar-refractivity contribution in [1.29, 1.82) is 0 Å². The van der Waals surface area contributed by atoms with Gasteiger partial charge in [0.25, 0.3) is 0 Å². The van der Waals surface area contributed by atoms with E-state index in [1.807, 2.05) is 0 Å². The Morgan fingerprint density at radius 3 is 2.45 bits per heavy atom. The highest BCUT2D eigenvalue weighted by molar-refractivity contribution is 5.94. The number of Topliss-reactive ketones (excluding diaryl/α,β-unsaturated/α-hetero) is 1. The van der Waals surface area contributed by atoms with Crippen molar-refractivity contribution < 1.29 is 24.5 Å². The van der Waals surface area contributed by atoms with Gasteiger partial charge in [-0.15, -0.1) is 0 Å². The van der Waals surface area contributed by atoms with Gasteiger partial charge in [0.2, 0.25) is 0 Å². The van der Waals surface area contributed by atoms with Crippen LogP contribution in [0.15, 0.2) is 18.2 Å². The van der Waals surface area contributed by atoms with Crippen LogP contribution >= 0.6 is 0 Å². The van der Waals surface area contributed by atoms with Gasteiger partial charge in [-0.25, -0.2) is 0 Å². The van der Waals surface area contributed by atoms with Crippen LogP contribution in [0.2, 0.25) is 0 Å². The van der Waals surface area contributed by atoms with Crippen LogP contribution in [0.3, 0.4) is 0 Å². The fraction of sp³-hybridized carbons (Fsp3) is 0.467. The zero-order valence-corrected chi connectivity index (χ0v) is 11.9. The number of ether oxygens (including phenoxy) is 1. The molecule has 0 fully saturated rings. The maximum Gasteiger partial charge on any atom is 0.308 e. The van der Waals surface area contributed by atoms with Crippen molar-refractivity contribution in [2.45, 2.75) is 39.4 Å². The summed E-state index contributed by atoms with van der Waals surface area (Å²) in [6, 6.07) is 4.83. The first-order valence-corrected chi connectivity index (χ1v) is 6.50. The number of hydrogen-bond acceptors (Lipinski definition) is 5. The number of aliphatic hydroxyl groups excluding tert-OH is 2. The van der Waals surface area contributed by atoms with Crippen LogP contribution in [0.4, 0.5) is 0 Å². The highest BCUT2D eigenvalue weighted by atomic mass is 16.5. The topological polar surface area (TPSA) is 83.8 Å². The molecule has 1 aromatic rings. The van der Waals surface area contributed by atoms with E-state index in [9.17, 15) is 19.8 Å². The van der Waals surface area contributed by atoms with E-state index in [4.69, 9.17) is 4.74 Å². The highest BCUT2D eigenvalue weighted by Crippen LogP contribution is 2.23. The minimum absolute atomic E-state index is 0.0683. The molecule has 0 aromatic heterocycles. The summed E-state index contributed by atoms with van der Waals surface area (Å²) in [5.74, 6) is -0.627. The highest BCUT2D eigenvalue weighted by Gasteiger charge is 2.23. The molecule has 5 heteroatoms. The fourth-order valence-corrected chi connectivity index (χ4v) is 1.94. The Hall–Kier alpha value is -1.72. The largest absolute Gasteiger partial charge is 0.466 e. The molecular weight excluding hydrogens is 260 g/mol. The molecule has 0 aliphatic heterocycles. The smallest absolute Gasteiger partial charge is 0.308 e. The van der Waals surface area contributed by atoms with Crippen molar-refractivity contribution in [3.8, 4) is 0 Å². The lowest BCUT2D eigenvalue weighted by molar-refractivity contribution is -0.147. The van der Waals surface area contributed by atoms with Crippen LogP contribution in [0.1, 0.15) is 47.9 Å². The molecule has 1 rings (SSSR count). The third-order valence-electron chi connectivity index (χ3n) is 3.04. The number of hydrogen-bond donors (Lipinski definition) is 2. The Morgan fingerprint density at radius 1 is 1.30 bits per heavy atom. The Labute approximate surface area is 118 Å². The molecule has 0 amide bonds. The number of carbonyl (C=O) groups is 2. The van der Waals surface area contributed by atoms with E-state index >= 15 is 0 Å². The van der Waals surface area contributed by atoms with Gasteiger partial charge in [-0.3, -0.25) is 9.59 Å². The molecule has 0 heterocycles. The number of aryl methyl sites for hydroxylation is 1. The average molecular weight is 280 g/mol. The van der Waals surface area contributed by atoms with Crippen LogP contribution in [-0.4, -0.2) is 34.7 Å². The predicted molar refractivity (Wildman–Crippen MR) is 73.4 cm³/mol. The Morgan fingerprint density at radius 2 is 1.95 bits per heavy atom. The van der Waals surface area contributed by atoms with Crippen molar-refractivity contribution >= 4 is 11.8 Å². The molecule has 0 aliphatic carbocycles. The van der Waals surface area contributed by atoms with Crippen LogP contribution in [0.5, 0.6) is 0 Å². The van der Waals surface area contributed by atoms with E-state index < -0.39 is 18.2 Å². The number of benzene rings is 1. The van der Waals surface area contributed by atoms with Crippen molar-refractivity contribution in [3.63, 3.8) is 0 Å². The summed E-state index contributed by atoms with van der Waals surface area (Å²) in [6.07, 6.45) is -2.71. The molecule has 0 bridgehead atoms. The van der Waals surface area contributed by atoms with E-state index in [0.717, 1.165) is 0 Å². The van der Waals surface area contributed by atoms with Gasteiger partial charge in [0.1, 0.15) is 6.10 Å². The second kappa shape index (κ2) is 7.17. The number of rotatable bonds is 6.